The Morgan fingerprint density at radius 1 is 1.25 bits per heavy atom. The molecule has 1 rings (SSSR count). The van der Waals surface area contributed by atoms with E-state index in [1.807, 2.05) is 0 Å². The molecule has 0 aromatic carbocycles. The van der Waals surface area contributed by atoms with E-state index in [0.29, 0.717) is 0 Å². The van der Waals surface area contributed by atoms with Gasteiger partial charge < -0.3 is 14.6 Å². The van der Waals surface area contributed by atoms with E-state index in [1.165, 1.54) is 0 Å². The highest BCUT2D eigenvalue weighted by Gasteiger charge is 2.18. The highest BCUT2D eigenvalue weighted by molar-refractivity contribution is 5.99. The second-order valence-electron chi connectivity index (χ2n) is 1.77. The van der Waals surface area contributed by atoms with Crippen molar-refractivity contribution in [3.05, 3.63) is 23.7 Å². The van der Waals surface area contributed by atoms with E-state index in [2.05, 4.69) is 4.42 Å². The minimum absolute atomic E-state index is 0. The van der Waals surface area contributed by atoms with Crippen LogP contribution in [0.4, 0.5) is 0 Å². The molecule has 1 aromatic rings. The molecular weight excluding hydrogens is 179 g/mol. The predicted octanol–water partition coefficient (Wildman–Crippen LogP) is -0.508. The van der Waals surface area contributed by atoms with Crippen LogP contribution in [0.25, 0.3) is 0 Å². The summed E-state index contributed by atoms with van der Waals surface area (Å²) in [5.74, 6) is -3.24. The lowest BCUT2D eigenvalue weighted by Crippen LogP contribution is -2.03. The molecule has 64 valence electrons. The Morgan fingerprint density at radius 3 is 2.17 bits per heavy atom. The van der Waals surface area contributed by atoms with Crippen molar-refractivity contribution in [2.45, 2.75) is 0 Å². The quantitative estimate of drug-likeness (QED) is 0.607. The zero-order chi connectivity index (χ0) is 8.43. The number of furan rings is 1. The third-order valence-electron chi connectivity index (χ3n) is 1.09. The van der Waals surface area contributed by atoms with E-state index >= 15 is 0 Å². The molecule has 0 saturated heterocycles. The summed E-state index contributed by atoms with van der Waals surface area (Å²) in [6, 6.07) is 1.09. The molecule has 0 saturated carbocycles. The Morgan fingerprint density at radius 2 is 1.83 bits per heavy atom. The number of carboxylic acids is 2. The van der Waals surface area contributed by atoms with Crippen molar-refractivity contribution >= 4 is 29.3 Å². The molecule has 0 aliphatic carbocycles. The first kappa shape index (κ1) is 10.8. The Labute approximate surface area is 77.7 Å². The van der Waals surface area contributed by atoms with Crippen LogP contribution in [-0.4, -0.2) is 39.5 Å². The summed E-state index contributed by atoms with van der Waals surface area (Å²) in [7, 11) is 0. The maximum Gasteiger partial charge on any atom is 0.372 e. The van der Waals surface area contributed by atoms with Gasteiger partial charge in [-0.3, -0.25) is 0 Å². The smallest absolute Gasteiger partial charge is 0.372 e. The molecule has 0 fully saturated rings. The van der Waals surface area contributed by atoms with Gasteiger partial charge in [0.25, 0.3) is 0 Å². The molecule has 0 bridgehead atoms. The van der Waals surface area contributed by atoms with Crippen LogP contribution in [0.15, 0.2) is 16.7 Å². The van der Waals surface area contributed by atoms with Gasteiger partial charge in [-0.25, -0.2) is 9.59 Å². The van der Waals surface area contributed by atoms with E-state index in [0.717, 1.165) is 12.3 Å². The Balaban J connectivity index is 0.00000121. The number of aromatic carboxylic acids is 2. The van der Waals surface area contributed by atoms with E-state index in [4.69, 9.17) is 10.2 Å². The van der Waals surface area contributed by atoms with Gasteiger partial charge in [-0.2, -0.15) is 0 Å². The number of hydrogen-bond donors (Lipinski definition) is 2. The highest BCUT2D eigenvalue weighted by atomic mass is 27.0. The second-order valence-corrected chi connectivity index (χ2v) is 1.77. The van der Waals surface area contributed by atoms with Crippen molar-refractivity contribution in [3.63, 3.8) is 0 Å². The molecule has 0 spiro atoms. The van der Waals surface area contributed by atoms with E-state index < -0.39 is 17.7 Å². The lowest BCUT2D eigenvalue weighted by molar-refractivity contribution is 0.0626. The molecule has 5 nitrogen and oxygen atoms in total. The summed E-state index contributed by atoms with van der Waals surface area (Å²) in [6.45, 7) is 0. The molecule has 2 N–H and O–H groups in total. The van der Waals surface area contributed by atoms with Crippen molar-refractivity contribution in [1.29, 1.82) is 0 Å². The molecule has 0 radical (unpaired) electrons. The van der Waals surface area contributed by atoms with Crippen molar-refractivity contribution in [2.75, 3.05) is 0 Å². The van der Waals surface area contributed by atoms with Gasteiger partial charge >= 0.3 is 11.9 Å². The molecular formula is C6H7AlO5. The summed E-state index contributed by atoms with van der Waals surface area (Å²) in [5, 5.41) is 16.7. The Hall–Kier alpha value is -1.25. The summed E-state index contributed by atoms with van der Waals surface area (Å²) in [4.78, 5) is 20.5. The molecule has 0 aliphatic heterocycles. The number of hydrogen-bond acceptors (Lipinski definition) is 3. The first-order chi connectivity index (χ1) is 5.13. The first-order valence-corrected chi connectivity index (χ1v) is 2.67. The highest BCUT2D eigenvalue weighted by Crippen LogP contribution is 2.09. The molecule has 1 aromatic heterocycles. The summed E-state index contributed by atoms with van der Waals surface area (Å²) in [6.07, 6.45) is 1.02. The van der Waals surface area contributed by atoms with Crippen LogP contribution >= 0.6 is 0 Å². The van der Waals surface area contributed by atoms with Gasteiger partial charge in [-0.1, -0.05) is 0 Å². The number of carbonyl (C=O) groups is 2. The average molecular weight is 186 g/mol. The van der Waals surface area contributed by atoms with Crippen LogP contribution in [0.3, 0.4) is 0 Å². The normalized spacial score (nSPS) is 8.67. The summed E-state index contributed by atoms with van der Waals surface area (Å²) < 4.78 is 4.41. The van der Waals surface area contributed by atoms with Crippen LogP contribution in [0, 0.1) is 0 Å². The molecule has 6 heteroatoms. The van der Waals surface area contributed by atoms with Gasteiger partial charge in [0.05, 0.1) is 6.26 Å². The van der Waals surface area contributed by atoms with Crippen molar-refractivity contribution < 1.29 is 24.2 Å². The molecule has 0 unspecified atom stereocenters. The topological polar surface area (TPSA) is 87.7 Å². The van der Waals surface area contributed by atoms with Gasteiger partial charge in [0.2, 0.25) is 5.76 Å². The molecule has 0 aliphatic rings. The maximum atomic E-state index is 10.3. The third kappa shape index (κ3) is 1.87. The van der Waals surface area contributed by atoms with Gasteiger partial charge in [-0.05, 0) is 6.07 Å². The van der Waals surface area contributed by atoms with Gasteiger partial charge in [0, 0.05) is 0 Å². The third-order valence-corrected chi connectivity index (χ3v) is 1.09. The SMILES string of the molecule is O=C(O)c1ccoc1C(=O)O.[AlH3]. The van der Waals surface area contributed by atoms with Gasteiger partial charge in [0.1, 0.15) is 5.56 Å². The Bertz CT molecular complexity index is 274. The van der Waals surface area contributed by atoms with Crippen LogP contribution in [0.2, 0.25) is 0 Å². The van der Waals surface area contributed by atoms with E-state index in [9.17, 15) is 9.59 Å². The van der Waals surface area contributed by atoms with Crippen LogP contribution in [0.1, 0.15) is 20.9 Å². The number of carboxylic acid groups (broad SMARTS) is 2. The summed E-state index contributed by atoms with van der Waals surface area (Å²) in [5.41, 5.74) is -0.336. The predicted molar refractivity (Wildman–Crippen MR) is 42.6 cm³/mol. The van der Waals surface area contributed by atoms with Crippen molar-refractivity contribution in [2.24, 2.45) is 0 Å². The zero-order valence-corrected chi connectivity index (χ0v) is 5.27. The molecule has 0 amide bonds. The first-order valence-electron chi connectivity index (χ1n) is 2.67. The monoisotopic (exact) mass is 186 g/mol. The fraction of sp³-hybridized carbons (Fsp3) is 0. The molecule has 0 atom stereocenters. The zero-order valence-electron chi connectivity index (χ0n) is 5.27. The average Bonchev–Trinajstić information content (AvgIpc) is 2.32. The van der Waals surface area contributed by atoms with Crippen molar-refractivity contribution in [1.82, 2.24) is 0 Å². The minimum atomic E-state index is -1.38. The lowest BCUT2D eigenvalue weighted by Gasteiger charge is -1.88. The number of rotatable bonds is 2. The molecule has 12 heavy (non-hydrogen) atoms. The minimum Gasteiger partial charge on any atom is -0.478 e. The largest absolute Gasteiger partial charge is 0.478 e. The van der Waals surface area contributed by atoms with Crippen LogP contribution in [-0.2, 0) is 0 Å². The van der Waals surface area contributed by atoms with Gasteiger partial charge in [-0.15, -0.1) is 0 Å². The maximum absolute atomic E-state index is 10.3. The van der Waals surface area contributed by atoms with Crippen LogP contribution in [0.5, 0.6) is 0 Å². The van der Waals surface area contributed by atoms with E-state index in [1.54, 1.807) is 0 Å². The molecule has 1 heterocycles. The van der Waals surface area contributed by atoms with E-state index in [-0.39, 0.29) is 22.9 Å². The fourth-order valence-corrected chi connectivity index (χ4v) is 0.643. The van der Waals surface area contributed by atoms with Crippen molar-refractivity contribution in [3.8, 4) is 0 Å². The standard InChI is InChI=1S/C6H4O5.Al.3H/c7-5(8)3-1-2-11-4(3)6(9)10;;;;/h1-2H,(H,7,8)(H,9,10);;;;. The second kappa shape index (κ2) is 3.95. The Kier molecular flexibility index (Phi) is 3.54. The fourth-order valence-electron chi connectivity index (χ4n) is 0.643. The lowest BCUT2D eigenvalue weighted by atomic mass is 10.2. The van der Waals surface area contributed by atoms with Crippen LogP contribution < -0.4 is 0 Å². The summed E-state index contributed by atoms with van der Waals surface area (Å²) >= 11 is 0. The van der Waals surface area contributed by atoms with Gasteiger partial charge in [0.15, 0.2) is 17.4 Å².